The topological polar surface area (TPSA) is 51.6 Å². The van der Waals surface area contributed by atoms with E-state index in [9.17, 15) is 0 Å². The summed E-state index contributed by atoms with van der Waals surface area (Å²) in [6.45, 7) is 0. The lowest BCUT2D eigenvalue weighted by molar-refractivity contribution is 1.33. The molecule has 0 N–H and O–H groups in total. The van der Waals surface area contributed by atoms with Crippen molar-refractivity contribution in [3.05, 3.63) is 134 Å². The third kappa shape index (κ3) is 3.69. The van der Waals surface area contributed by atoms with Gasteiger partial charge in [-0.15, -0.1) is 0 Å². The third-order valence-electron chi connectivity index (χ3n) is 7.57. The van der Waals surface area contributed by atoms with Crippen molar-refractivity contribution in [2.45, 2.75) is 0 Å². The van der Waals surface area contributed by atoms with Crippen LogP contribution in [0.3, 0.4) is 0 Å². The molecule has 0 spiro atoms. The molecule has 4 nitrogen and oxygen atoms in total. The molecular weight excluding hydrogens is 488 g/mol. The molecule has 0 unspecified atom stereocenters. The molecule has 8 rings (SSSR count). The zero-order chi connectivity index (χ0) is 26.5. The molecule has 4 heterocycles. The van der Waals surface area contributed by atoms with E-state index in [2.05, 4.69) is 94.9 Å². The van der Waals surface area contributed by atoms with Gasteiger partial charge >= 0.3 is 0 Å². The van der Waals surface area contributed by atoms with Gasteiger partial charge in [-0.2, -0.15) is 0 Å². The minimum Gasteiger partial charge on any atom is -0.255 e. The van der Waals surface area contributed by atoms with Gasteiger partial charge in [0.2, 0.25) is 0 Å². The first-order chi connectivity index (χ1) is 19.8. The van der Waals surface area contributed by atoms with E-state index < -0.39 is 0 Å². The van der Waals surface area contributed by atoms with Gasteiger partial charge in [0.05, 0.1) is 33.3 Å². The van der Waals surface area contributed by atoms with E-state index in [1.54, 1.807) is 6.20 Å². The number of rotatable bonds is 3. The van der Waals surface area contributed by atoms with Crippen molar-refractivity contribution < 1.29 is 0 Å². The summed E-state index contributed by atoms with van der Waals surface area (Å²) in [6.07, 6.45) is 3.63. The maximum atomic E-state index is 5.04. The van der Waals surface area contributed by atoms with Gasteiger partial charge in [-0.1, -0.05) is 84.9 Å². The number of hydrogen-bond donors (Lipinski definition) is 0. The summed E-state index contributed by atoms with van der Waals surface area (Å²) in [7, 11) is 0. The summed E-state index contributed by atoms with van der Waals surface area (Å²) in [5.74, 6) is 0. The molecule has 40 heavy (non-hydrogen) atoms. The first kappa shape index (κ1) is 22.5. The van der Waals surface area contributed by atoms with Gasteiger partial charge in [0.15, 0.2) is 0 Å². The molecule has 0 aliphatic rings. The Morgan fingerprint density at radius 1 is 0.375 bits per heavy atom. The molecule has 0 atom stereocenters. The molecule has 0 bridgehead atoms. The van der Waals surface area contributed by atoms with Crippen molar-refractivity contribution >= 4 is 43.7 Å². The highest BCUT2D eigenvalue weighted by atomic mass is 14.8. The summed E-state index contributed by atoms with van der Waals surface area (Å²) in [5.41, 5.74) is 11.4. The number of nitrogens with zero attached hydrogens (tertiary/aromatic N) is 4. The Labute approximate surface area is 230 Å². The second-order valence-corrected chi connectivity index (χ2v) is 9.93. The molecule has 4 heteroatoms. The van der Waals surface area contributed by atoms with E-state index in [0.29, 0.717) is 0 Å². The fraction of sp³-hybridized carbons (Fsp3) is 0. The second-order valence-electron chi connectivity index (χ2n) is 9.93. The summed E-state index contributed by atoms with van der Waals surface area (Å²) in [5, 5.41) is 3.35. The average Bonchev–Trinajstić information content (AvgIpc) is 3.03. The van der Waals surface area contributed by atoms with Crippen molar-refractivity contribution in [3.8, 4) is 33.5 Å². The van der Waals surface area contributed by atoms with E-state index >= 15 is 0 Å². The zero-order valence-electron chi connectivity index (χ0n) is 21.5. The van der Waals surface area contributed by atoms with Crippen molar-refractivity contribution in [1.82, 2.24) is 19.9 Å². The van der Waals surface area contributed by atoms with Crippen molar-refractivity contribution in [2.24, 2.45) is 0 Å². The smallest absolute Gasteiger partial charge is 0.0978 e. The minimum atomic E-state index is 0.902. The third-order valence-corrected chi connectivity index (χ3v) is 7.57. The molecule has 186 valence electrons. The molecule has 0 amide bonds. The highest BCUT2D eigenvalue weighted by molar-refractivity contribution is 6.15. The molecular formula is C36H22N4. The van der Waals surface area contributed by atoms with E-state index in [-0.39, 0.29) is 0 Å². The highest BCUT2D eigenvalue weighted by Crippen LogP contribution is 2.38. The van der Waals surface area contributed by atoms with Crippen LogP contribution in [-0.2, 0) is 0 Å². The van der Waals surface area contributed by atoms with Gasteiger partial charge in [-0.3, -0.25) is 9.97 Å². The molecule has 0 radical (unpaired) electrons. The summed E-state index contributed by atoms with van der Waals surface area (Å²) in [4.78, 5) is 18.9. The van der Waals surface area contributed by atoms with Crippen LogP contribution in [0.2, 0.25) is 0 Å². The molecule has 4 aromatic heterocycles. The van der Waals surface area contributed by atoms with Crippen LogP contribution in [0.1, 0.15) is 0 Å². The predicted octanol–water partition coefficient (Wildman–Crippen LogP) is 8.88. The largest absolute Gasteiger partial charge is 0.255 e. The van der Waals surface area contributed by atoms with Crippen molar-refractivity contribution in [1.29, 1.82) is 0 Å². The Hall–Kier alpha value is -5.48. The molecule has 0 saturated heterocycles. The number of pyridine rings is 4. The molecule has 8 aromatic rings. The second kappa shape index (κ2) is 9.07. The lowest BCUT2D eigenvalue weighted by atomic mass is 9.93. The minimum absolute atomic E-state index is 0.902. The Bertz CT molecular complexity index is 2200. The number of fused-ring (bicyclic) bond motifs is 5. The maximum absolute atomic E-state index is 5.04. The Balaban J connectivity index is 1.20. The van der Waals surface area contributed by atoms with E-state index in [0.717, 1.165) is 66.1 Å². The highest BCUT2D eigenvalue weighted by Gasteiger charge is 2.14. The van der Waals surface area contributed by atoms with Gasteiger partial charge in [0.1, 0.15) is 0 Å². The maximum Gasteiger partial charge on any atom is 0.0978 e. The Morgan fingerprint density at radius 2 is 1.07 bits per heavy atom. The van der Waals surface area contributed by atoms with E-state index in [1.807, 2.05) is 42.6 Å². The monoisotopic (exact) mass is 510 g/mol. The predicted molar refractivity (Wildman–Crippen MR) is 164 cm³/mol. The normalized spacial score (nSPS) is 11.5. The quantitative estimate of drug-likeness (QED) is 0.176. The van der Waals surface area contributed by atoms with Gasteiger partial charge in [0.25, 0.3) is 0 Å². The fourth-order valence-corrected chi connectivity index (χ4v) is 5.58. The molecule has 0 aliphatic heterocycles. The van der Waals surface area contributed by atoms with Crippen molar-refractivity contribution in [2.75, 3.05) is 0 Å². The van der Waals surface area contributed by atoms with Crippen LogP contribution in [0.5, 0.6) is 0 Å². The summed E-state index contributed by atoms with van der Waals surface area (Å²) < 4.78 is 0. The van der Waals surface area contributed by atoms with Gasteiger partial charge in [0, 0.05) is 39.7 Å². The lowest BCUT2D eigenvalue weighted by Crippen LogP contribution is -1.91. The van der Waals surface area contributed by atoms with Crippen LogP contribution in [0.4, 0.5) is 0 Å². The SMILES string of the molecule is c1cnc2c(c1)ccc1c(-c3ccc(-c4ccc(-c5ccc6ncccc6n5)cc4)cc3)c3ccccc3nc12. The van der Waals surface area contributed by atoms with Crippen LogP contribution in [0, 0.1) is 0 Å². The van der Waals surface area contributed by atoms with Gasteiger partial charge in [-0.05, 0) is 53.1 Å². The average molecular weight is 511 g/mol. The van der Waals surface area contributed by atoms with Crippen LogP contribution < -0.4 is 0 Å². The summed E-state index contributed by atoms with van der Waals surface area (Å²) in [6, 6.07) is 42.1. The number of aromatic nitrogens is 4. The van der Waals surface area contributed by atoms with E-state index in [1.165, 1.54) is 11.1 Å². The number of hydrogen-bond acceptors (Lipinski definition) is 4. The van der Waals surface area contributed by atoms with Crippen LogP contribution in [0.25, 0.3) is 77.3 Å². The number of para-hydroxylation sites is 1. The van der Waals surface area contributed by atoms with Crippen LogP contribution in [0.15, 0.2) is 134 Å². The van der Waals surface area contributed by atoms with E-state index in [4.69, 9.17) is 9.97 Å². The Kier molecular flexibility index (Phi) is 5.10. The van der Waals surface area contributed by atoms with Gasteiger partial charge in [-0.25, -0.2) is 9.97 Å². The molecule has 0 fully saturated rings. The lowest BCUT2D eigenvalue weighted by Gasteiger charge is -2.13. The molecule has 0 saturated carbocycles. The standard InChI is InChI=1S/C36H22N4/c1-2-7-31-28(6-1)34(29-18-17-27-5-3-22-38-35(27)36(29)40-31)26-15-11-24(12-16-26)23-9-13-25(14-10-23)30-19-20-32-33(39-30)8-4-21-37-32/h1-22H. The van der Waals surface area contributed by atoms with Gasteiger partial charge < -0.3 is 0 Å². The first-order valence-electron chi connectivity index (χ1n) is 13.3. The Morgan fingerprint density at radius 3 is 1.93 bits per heavy atom. The number of benzene rings is 4. The molecule has 0 aliphatic carbocycles. The first-order valence-corrected chi connectivity index (χ1v) is 13.3. The zero-order valence-corrected chi connectivity index (χ0v) is 21.5. The molecule has 4 aromatic carbocycles. The summed E-state index contributed by atoms with van der Waals surface area (Å²) >= 11 is 0. The fourth-order valence-electron chi connectivity index (χ4n) is 5.58. The van der Waals surface area contributed by atoms with Crippen LogP contribution in [-0.4, -0.2) is 19.9 Å². The van der Waals surface area contributed by atoms with Crippen molar-refractivity contribution in [3.63, 3.8) is 0 Å². The van der Waals surface area contributed by atoms with Crippen LogP contribution >= 0.6 is 0 Å².